The number of hydrogen-bond acceptors (Lipinski definition) is 3. The van der Waals surface area contributed by atoms with Gasteiger partial charge >= 0.3 is 7.82 Å². The third-order valence-corrected chi connectivity index (χ3v) is 9.09. The lowest BCUT2D eigenvalue weighted by Crippen LogP contribution is -2.35. The first kappa shape index (κ1) is 30.5. The van der Waals surface area contributed by atoms with Crippen molar-refractivity contribution in [3.63, 3.8) is 0 Å². The molecule has 3 unspecified atom stereocenters. The summed E-state index contributed by atoms with van der Waals surface area (Å²) in [4.78, 5) is 18.4. The van der Waals surface area contributed by atoms with Crippen LogP contribution in [0.15, 0.2) is 0 Å². The van der Waals surface area contributed by atoms with E-state index in [2.05, 4.69) is 13.8 Å². The Labute approximate surface area is 203 Å². The van der Waals surface area contributed by atoms with E-state index in [0.29, 0.717) is 5.25 Å². The lowest BCUT2D eigenvalue weighted by molar-refractivity contribution is 0.0607. The van der Waals surface area contributed by atoms with Gasteiger partial charge in [0, 0.05) is 5.25 Å². The molecule has 2 N–H and O–H groups in total. The van der Waals surface area contributed by atoms with E-state index < -0.39 is 7.82 Å². The summed E-state index contributed by atoms with van der Waals surface area (Å²) in [6.45, 7) is 4.40. The van der Waals surface area contributed by atoms with Crippen molar-refractivity contribution >= 4 is 19.6 Å². The molecule has 0 aliphatic heterocycles. The van der Waals surface area contributed by atoms with Gasteiger partial charge < -0.3 is 9.79 Å². The van der Waals surface area contributed by atoms with Gasteiger partial charge in [0.25, 0.3) is 0 Å². The molecule has 6 heteroatoms. The number of phosphoric acid groups is 1. The highest BCUT2D eigenvalue weighted by molar-refractivity contribution is 7.99. The Morgan fingerprint density at radius 1 is 0.750 bits per heavy atom. The van der Waals surface area contributed by atoms with Crippen LogP contribution in [0.3, 0.4) is 0 Å². The first-order chi connectivity index (χ1) is 15.5. The van der Waals surface area contributed by atoms with Gasteiger partial charge in [0.15, 0.2) is 0 Å². The Bertz CT molecular complexity index is 471. The molecule has 32 heavy (non-hydrogen) atoms. The average molecular weight is 493 g/mol. The molecule has 0 amide bonds. The molecule has 0 aromatic carbocycles. The number of rotatable bonds is 21. The molecule has 0 saturated heterocycles. The van der Waals surface area contributed by atoms with Crippen molar-refractivity contribution in [3.8, 4) is 0 Å². The zero-order chi connectivity index (χ0) is 23.5. The molecule has 1 aliphatic rings. The third-order valence-electron chi connectivity index (χ3n) is 7.01. The molecule has 0 spiro atoms. The van der Waals surface area contributed by atoms with E-state index in [0.717, 1.165) is 25.7 Å². The van der Waals surface area contributed by atoms with Crippen LogP contribution in [0, 0.1) is 5.92 Å². The summed E-state index contributed by atoms with van der Waals surface area (Å²) >= 11 is 2.01. The molecule has 1 fully saturated rings. The van der Waals surface area contributed by atoms with E-state index in [9.17, 15) is 14.4 Å². The lowest BCUT2D eigenvalue weighted by Gasteiger charge is -2.37. The predicted octanol–water partition coefficient (Wildman–Crippen LogP) is 9.04. The highest BCUT2D eigenvalue weighted by Gasteiger charge is 2.36. The maximum absolute atomic E-state index is 11.3. The van der Waals surface area contributed by atoms with Crippen molar-refractivity contribution in [2.24, 2.45) is 5.92 Å². The Kier molecular flexibility index (Phi) is 18.8. The molecule has 0 heterocycles. The molecule has 0 radical (unpaired) electrons. The fraction of sp³-hybridized carbons (Fsp3) is 1.00. The van der Waals surface area contributed by atoms with Crippen molar-refractivity contribution in [3.05, 3.63) is 0 Å². The van der Waals surface area contributed by atoms with E-state index in [4.69, 9.17) is 4.52 Å². The Balaban J connectivity index is 1.92. The molecular weight excluding hydrogens is 439 g/mol. The largest absolute Gasteiger partial charge is 0.469 e. The second kappa shape index (κ2) is 19.7. The normalized spacial score (nSPS) is 21.8. The van der Waals surface area contributed by atoms with E-state index in [1.54, 1.807) is 0 Å². The fourth-order valence-electron chi connectivity index (χ4n) is 5.11. The minimum Gasteiger partial charge on any atom is -0.303 e. The highest BCUT2D eigenvalue weighted by atomic mass is 32.2. The van der Waals surface area contributed by atoms with Crippen molar-refractivity contribution in [1.82, 2.24) is 0 Å². The van der Waals surface area contributed by atoms with Crippen LogP contribution in [0.2, 0.25) is 0 Å². The molecule has 0 aromatic heterocycles. The number of unbranched alkanes of at least 4 members (excludes halogenated alkanes) is 15. The Hall–Kier alpha value is 0.460. The summed E-state index contributed by atoms with van der Waals surface area (Å²) in [5.74, 6) is 1.44. The van der Waals surface area contributed by atoms with Gasteiger partial charge in [-0.3, -0.25) is 4.52 Å². The first-order valence-corrected chi connectivity index (χ1v) is 16.4. The quantitative estimate of drug-likeness (QED) is 0.124. The van der Waals surface area contributed by atoms with Crippen LogP contribution in [-0.4, -0.2) is 26.9 Å². The van der Waals surface area contributed by atoms with Gasteiger partial charge in [0.1, 0.15) is 0 Å². The van der Waals surface area contributed by atoms with Gasteiger partial charge in [-0.05, 0) is 43.8 Å². The summed E-state index contributed by atoms with van der Waals surface area (Å²) in [6, 6.07) is 0. The zero-order valence-corrected chi connectivity index (χ0v) is 22.9. The minimum atomic E-state index is -4.39. The van der Waals surface area contributed by atoms with Crippen molar-refractivity contribution in [1.29, 1.82) is 0 Å². The van der Waals surface area contributed by atoms with Crippen molar-refractivity contribution in [2.75, 3.05) is 5.75 Å². The topological polar surface area (TPSA) is 66.8 Å². The van der Waals surface area contributed by atoms with Gasteiger partial charge in [0.2, 0.25) is 0 Å². The van der Waals surface area contributed by atoms with Crippen LogP contribution in [0.1, 0.15) is 142 Å². The summed E-state index contributed by atoms with van der Waals surface area (Å²) in [5, 5.41) is 0.488. The summed E-state index contributed by atoms with van der Waals surface area (Å²) < 4.78 is 16.4. The number of hydrogen-bond donors (Lipinski definition) is 2. The minimum absolute atomic E-state index is 0.266. The molecule has 1 saturated carbocycles. The van der Waals surface area contributed by atoms with Crippen molar-refractivity contribution in [2.45, 2.75) is 154 Å². The zero-order valence-electron chi connectivity index (χ0n) is 21.1. The second-order valence-electron chi connectivity index (χ2n) is 9.85. The molecule has 3 atom stereocenters. The van der Waals surface area contributed by atoms with Crippen LogP contribution >= 0.6 is 19.6 Å². The number of thioether (sulfide) groups is 1. The van der Waals surface area contributed by atoms with E-state index in [1.807, 2.05) is 11.8 Å². The van der Waals surface area contributed by atoms with E-state index >= 15 is 0 Å². The molecule has 0 bridgehead atoms. The van der Waals surface area contributed by atoms with Crippen molar-refractivity contribution < 1.29 is 18.9 Å². The van der Waals surface area contributed by atoms with Crippen LogP contribution in [-0.2, 0) is 9.09 Å². The predicted molar refractivity (Wildman–Crippen MR) is 140 cm³/mol. The highest BCUT2D eigenvalue weighted by Crippen LogP contribution is 2.45. The molecule has 192 valence electrons. The number of phosphoric ester groups is 1. The SMILES string of the molecule is CCCCCCCCCCCCCCCCCCSC1CCCC(OP(=O)(O)O)C1CC. The monoisotopic (exact) mass is 492 g/mol. The molecule has 4 nitrogen and oxygen atoms in total. The van der Waals surface area contributed by atoms with E-state index in [1.165, 1.54) is 108 Å². The summed E-state index contributed by atoms with van der Waals surface area (Å²) in [7, 11) is -4.39. The van der Waals surface area contributed by atoms with Gasteiger partial charge in [0.05, 0.1) is 6.10 Å². The maximum atomic E-state index is 11.3. The van der Waals surface area contributed by atoms with Crippen LogP contribution in [0.5, 0.6) is 0 Å². The molecule has 1 aliphatic carbocycles. The van der Waals surface area contributed by atoms with Crippen LogP contribution in [0.4, 0.5) is 0 Å². The van der Waals surface area contributed by atoms with Gasteiger partial charge in [-0.1, -0.05) is 110 Å². The molecular formula is C26H53O4PS. The lowest BCUT2D eigenvalue weighted by atomic mass is 9.84. The average Bonchev–Trinajstić information content (AvgIpc) is 2.75. The Morgan fingerprint density at radius 3 is 1.66 bits per heavy atom. The van der Waals surface area contributed by atoms with E-state index in [-0.39, 0.29) is 12.0 Å². The fourth-order valence-corrected chi connectivity index (χ4v) is 7.35. The third kappa shape index (κ3) is 16.1. The van der Waals surface area contributed by atoms with Gasteiger partial charge in [-0.25, -0.2) is 4.57 Å². The Morgan fingerprint density at radius 2 is 1.22 bits per heavy atom. The molecule has 1 rings (SSSR count). The van der Waals surface area contributed by atoms with Gasteiger partial charge in [-0.2, -0.15) is 11.8 Å². The first-order valence-electron chi connectivity index (χ1n) is 13.8. The maximum Gasteiger partial charge on any atom is 0.469 e. The smallest absolute Gasteiger partial charge is 0.303 e. The summed E-state index contributed by atoms with van der Waals surface area (Å²) in [6.07, 6.45) is 26.0. The van der Waals surface area contributed by atoms with Crippen LogP contribution in [0.25, 0.3) is 0 Å². The summed E-state index contributed by atoms with van der Waals surface area (Å²) in [5.41, 5.74) is 0. The second-order valence-corrected chi connectivity index (χ2v) is 12.4. The molecule has 0 aromatic rings. The van der Waals surface area contributed by atoms with Crippen LogP contribution < -0.4 is 0 Å². The van der Waals surface area contributed by atoms with Gasteiger partial charge in [-0.15, -0.1) is 0 Å². The standard InChI is InChI=1S/C26H53O4PS/c1-3-5-6-7-8-9-10-11-12-13-14-15-16-17-18-19-23-32-26-22-20-21-25(24(26)4-2)30-31(27,28)29/h24-26H,3-23H2,1-2H3,(H2,27,28,29).